The van der Waals surface area contributed by atoms with E-state index in [0.29, 0.717) is 12.5 Å². The van der Waals surface area contributed by atoms with Gasteiger partial charge >= 0.3 is 0 Å². The van der Waals surface area contributed by atoms with Gasteiger partial charge in [-0.1, -0.05) is 13.0 Å². The maximum Gasteiger partial charge on any atom is 0.289 e. The number of carbonyl (C=O) groups excluding carboxylic acids is 1. The molecule has 0 N–H and O–H groups in total. The monoisotopic (exact) mass is 491 g/mol. The molecule has 1 aromatic carbocycles. The second kappa shape index (κ2) is 9.97. The maximum atomic E-state index is 14.2. The first-order valence-electron chi connectivity index (χ1n) is 11.8. The molecule has 2 aliphatic heterocycles. The molecule has 2 heterocycles. The Hall–Kier alpha value is -2.94. The summed E-state index contributed by atoms with van der Waals surface area (Å²) in [5.74, 6) is -3.44. The zero-order chi connectivity index (χ0) is 25.4. The summed E-state index contributed by atoms with van der Waals surface area (Å²) in [6.45, 7) is 7.89. The molecule has 1 aliphatic carbocycles. The summed E-state index contributed by atoms with van der Waals surface area (Å²) < 4.78 is 52.8. The van der Waals surface area contributed by atoms with Crippen molar-refractivity contribution in [1.82, 2.24) is 14.7 Å². The van der Waals surface area contributed by atoms with E-state index in [1.54, 1.807) is 20.1 Å². The first kappa shape index (κ1) is 25.2. The fraction of sp³-hybridized carbons (Fsp3) is 0.500. The first-order chi connectivity index (χ1) is 16.6. The lowest BCUT2D eigenvalue weighted by atomic mass is 9.90. The molecule has 0 radical (unpaired) electrons. The van der Waals surface area contributed by atoms with Crippen LogP contribution in [-0.4, -0.2) is 66.7 Å². The molecule has 4 rings (SSSR count). The molecule has 2 fully saturated rings. The maximum absolute atomic E-state index is 14.2. The molecule has 0 saturated carbocycles. The standard InChI is InChI=1S/C26H32F3N3O3/c1-15-8-18(9-21(34-5)25(15)32-11-16(2)30(4)14-32)10-22-26(33)31(12-17(3)35-22)13-19-6-7-20(27)24(29)23(19)28/h6-7,9-10,15-17H,8,11-14H2,1-5H3/b22-10-/t15?,16?,17-/m1/s1. The zero-order valence-corrected chi connectivity index (χ0v) is 20.8. The van der Waals surface area contributed by atoms with Gasteiger partial charge in [-0.15, -0.1) is 0 Å². The minimum absolute atomic E-state index is 0.0877. The Morgan fingerprint density at radius 1 is 1.14 bits per heavy atom. The van der Waals surface area contributed by atoms with Gasteiger partial charge in [-0.25, -0.2) is 13.2 Å². The molecule has 0 bridgehead atoms. The number of morpholine rings is 1. The second-order valence-electron chi connectivity index (χ2n) is 9.71. The predicted octanol–water partition coefficient (Wildman–Crippen LogP) is 4.15. The lowest BCUT2D eigenvalue weighted by molar-refractivity contribution is -0.139. The number of methoxy groups -OCH3 is 1. The van der Waals surface area contributed by atoms with Gasteiger partial charge in [0, 0.05) is 30.6 Å². The topological polar surface area (TPSA) is 45.2 Å². The summed E-state index contributed by atoms with van der Waals surface area (Å²) in [6, 6.07) is 2.46. The van der Waals surface area contributed by atoms with Crippen molar-refractivity contribution in [2.75, 3.05) is 33.9 Å². The van der Waals surface area contributed by atoms with Gasteiger partial charge in [0.05, 0.1) is 26.0 Å². The number of benzene rings is 1. The fourth-order valence-electron chi connectivity index (χ4n) is 4.97. The molecule has 1 amide bonds. The molecule has 1 aromatic rings. The summed E-state index contributed by atoms with van der Waals surface area (Å²) in [5, 5.41) is 0. The van der Waals surface area contributed by atoms with Crippen molar-refractivity contribution in [1.29, 1.82) is 0 Å². The molecule has 2 saturated heterocycles. The van der Waals surface area contributed by atoms with E-state index in [2.05, 4.69) is 30.7 Å². The number of rotatable bonds is 5. The minimum atomic E-state index is -1.54. The molecular weight excluding hydrogens is 459 g/mol. The molecule has 35 heavy (non-hydrogen) atoms. The third-order valence-corrected chi connectivity index (χ3v) is 6.87. The first-order valence-corrected chi connectivity index (χ1v) is 11.8. The fourth-order valence-corrected chi connectivity index (χ4v) is 4.97. The van der Waals surface area contributed by atoms with Gasteiger partial charge in [-0.05, 0) is 51.1 Å². The smallest absolute Gasteiger partial charge is 0.289 e. The Kier molecular flexibility index (Phi) is 7.17. The number of hydrogen-bond donors (Lipinski definition) is 0. The van der Waals surface area contributed by atoms with Crippen LogP contribution < -0.4 is 0 Å². The van der Waals surface area contributed by atoms with Crippen molar-refractivity contribution >= 4 is 5.91 Å². The molecule has 0 aromatic heterocycles. The predicted molar refractivity (Wildman–Crippen MR) is 125 cm³/mol. The van der Waals surface area contributed by atoms with Crippen molar-refractivity contribution in [2.24, 2.45) is 5.92 Å². The van der Waals surface area contributed by atoms with Gasteiger partial charge in [0.2, 0.25) is 0 Å². The zero-order valence-electron chi connectivity index (χ0n) is 20.8. The van der Waals surface area contributed by atoms with E-state index in [4.69, 9.17) is 9.47 Å². The molecular formula is C26H32F3N3O3. The van der Waals surface area contributed by atoms with Crippen LogP contribution in [0.3, 0.4) is 0 Å². The van der Waals surface area contributed by atoms with E-state index in [-0.39, 0.29) is 36.4 Å². The molecule has 3 aliphatic rings. The molecule has 190 valence electrons. The van der Waals surface area contributed by atoms with Gasteiger partial charge in [0.1, 0.15) is 11.9 Å². The summed E-state index contributed by atoms with van der Waals surface area (Å²) in [7, 11) is 3.74. The van der Waals surface area contributed by atoms with Crippen LogP contribution in [-0.2, 0) is 20.8 Å². The van der Waals surface area contributed by atoms with E-state index >= 15 is 0 Å². The number of carbonyl (C=O) groups is 1. The quantitative estimate of drug-likeness (QED) is 0.458. The number of hydrogen-bond acceptors (Lipinski definition) is 5. The Bertz CT molecular complexity index is 1090. The molecule has 2 unspecified atom stereocenters. The van der Waals surface area contributed by atoms with Crippen LogP contribution in [0.1, 0.15) is 32.8 Å². The summed E-state index contributed by atoms with van der Waals surface area (Å²) in [4.78, 5) is 19.2. The highest BCUT2D eigenvalue weighted by Gasteiger charge is 2.34. The number of halogens is 3. The summed E-state index contributed by atoms with van der Waals surface area (Å²) in [5.41, 5.74) is 1.94. The van der Waals surface area contributed by atoms with Crippen LogP contribution in [0.15, 0.2) is 47.1 Å². The van der Waals surface area contributed by atoms with Gasteiger partial charge in [-0.2, -0.15) is 0 Å². The Balaban J connectivity index is 1.59. The van der Waals surface area contributed by atoms with Crippen molar-refractivity contribution < 1.29 is 27.4 Å². The van der Waals surface area contributed by atoms with Crippen molar-refractivity contribution in [3.05, 3.63) is 70.1 Å². The van der Waals surface area contributed by atoms with Crippen molar-refractivity contribution in [3.63, 3.8) is 0 Å². The van der Waals surface area contributed by atoms with Crippen LogP contribution in [0, 0.1) is 23.4 Å². The lowest BCUT2D eigenvalue weighted by Gasteiger charge is -2.34. The average Bonchev–Trinajstić information content (AvgIpc) is 3.14. The molecule has 9 heteroatoms. The SMILES string of the molecule is COC1=C(N2CC(C)N(C)C2)C(C)CC(/C=C2\O[C@H](C)CN(Cc3ccc(F)c(F)c3F)C2=O)=C1. The highest BCUT2D eigenvalue weighted by Crippen LogP contribution is 2.35. The molecule has 3 atom stereocenters. The molecule has 6 nitrogen and oxygen atoms in total. The average molecular weight is 492 g/mol. The van der Waals surface area contributed by atoms with Crippen molar-refractivity contribution in [2.45, 2.75) is 45.9 Å². The Morgan fingerprint density at radius 2 is 1.89 bits per heavy atom. The normalized spacial score (nSPS) is 27.0. The van der Waals surface area contributed by atoms with Crippen LogP contribution >= 0.6 is 0 Å². The van der Waals surface area contributed by atoms with Crippen LogP contribution in [0.2, 0.25) is 0 Å². The van der Waals surface area contributed by atoms with Crippen LogP contribution in [0.25, 0.3) is 0 Å². The highest BCUT2D eigenvalue weighted by molar-refractivity contribution is 5.92. The molecule has 0 spiro atoms. The Labute approximate surface area is 204 Å². The number of nitrogens with zero attached hydrogens (tertiary/aromatic N) is 3. The Morgan fingerprint density at radius 3 is 2.54 bits per heavy atom. The van der Waals surface area contributed by atoms with E-state index in [1.807, 2.05) is 6.08 Å². The second-order valence-corrected chi connectivity index (χ2v) is 9.71. The van der Waals surface area contributed by atoms with E-state index in [0.717, 1.165) is 42.4 Å². The minimum Gasteiger partial charge on any atom is -0.495 e. The summed E-state index contributed by atoms with van der Waals surface area (Å²) >= 11 is 0. The van der Waals surface area contributed by atoms with E-state index in [1.165, 1.54) is 4.90 Å². The van der Waals surface area contributed by atoms with Crippen molar-refractivity contribution in [3.8, 4) is 0 Å². The number of likely N-dealkylation sites (N-methyl/N-ethyl adjacent to an activating group) is 1. The third kappa shape index (κ3) is 5.05. The summed E-state index contributed by atoms with van der Waals surface area (Å²) in [6.07, 6.45) is 3.99. The van der Waals surface area contributed by atoms with Gasteiger partial charge in [0.25, 0.3) is 5.91 Å². The van der Waals surface area contributed by atoms with E-state index in [9.17, 15) is 18.0 Å². The van der Waals surface area contributed by atoms with E-state index < -0.39 is 23.4 Å². The highest BCUT2D eigenvalue weighted by atomic mass is 19.2. The number of ether oxygens (including phenoxy) is 2. The lowest BCUT2D eigenvalue weighted by Crippen LogP contribution is -2.44. The van der Waals surface area contributed by atoms with Gasteiger partial charge in [-0.3, -0.25) is 9.69 Å². The van der Waals surface area contributed by atoms with Gasteiger partial charge < -0.3 is 19.3 Å². The number of amides is 1. The number of allylic oxidation sites excluding steroid dienone is 4. The largest absolute Gasteiger partial charge is 0.495 e. The van der Waals surface area contributed by atoms with Crippen LogP contribution in [0.5, 0.6) is 0 Å². The van der Waals surface area contributed by atoms with Gasteiger partial charge in [0.15, 0.2) is 23.2 Å². The van der Waals surface area contributed by atoms with Crippen LogP contribution in [0.4, 0.5) is 13.2 Å². The third-order valence-electron chi connectivity index (χ3n) is 6.87.